The molecule has 5 heteroatoms. The Bertz CT molecular complexity index is 362. The summed E-state index contributed by atoms with van der Waals surface area (Å²) >= 11 is 0. The lowest BCUT2D eigenvalue weighted by Gasteiger charge is -2.19. The molecule has 0 aliphatic heterocycles. The highest BCUT2D eigenvalue weighted by Gasteiger charge is 2.19. The van der Waals surface area contributed by atoms with Gasteiger partial charge in [-0.15, -0.1) is 0 Å². The van der Waals surface area contributed by atoms with Crippen LogP contribution in [0.3, 0.4) is 0 Å². The monoisotopic (exact) mass is 210 g/mol. The lowest BCUT2D eigenvalue weighted by molar-refractivity contribution is -0.116. The normalized spacial score (nSPS) is 11.5. The average Bonchev–Trinajstić information content (AvgIpc) is 2.42. The summed E-state index contributed by atoms with van der Waals surface area (Å²) in [6, 6.07) is 0. The summed E-state index contributed by atoms with van der Waals surface area (Å²) in [5.41, 5.74) is 6.19. The van der Waals surface area contributed by atoms with Gasteiger partial charge < -0.3 is 15.6 Å². The lowest BCUT2D eigenvalue weighted by Crippen LogP contribution is -2.24. The highest BCUT2D eigenvalue weighted by atomic mass is 16.1. The molecule has 1 heterocycles. The number of anilines is 1. The second kappa shape index (κ2) is 3.92. The molecule has 0 bridgehead atoms. The van der Waals surface area contributed by atoms with Crippen molar-refractivity contribution in [1.29, 1.82) is 0 Å². The number of carbonyl (C=O) groups excluding carboxylic acids is 1. The first-order chi connectivity index (χ1) is 6.82. The van der Waals surface area contributed by atoms with E-state index < -0.39 is 5.91 Å². The minimum absolute atomic E-state index is 0.0361. The first-order valence-electron chi connectivity index (χ1n) is 4.86. The molecule has 0 unspecified atom stereocenters. The van der Waals surface area contributed by atoms with Gasteiger partial charge in [-0.3, -0.25) is 4.79 Å². The van der Waals surface area contributed by atoms with Gasteiger partial charge in [0.1, 0.15) is 0 Å². The quantitative estimate of drug-likeness (QED) is 0.768. The fraction of sp³-hybridized carbons (Fsp3) is 0.600. The largest absolute Gasteiger partial charge is 0.368 e. The van der Waals surface area contributed by atoms with Gasteiger partial charge in [0.05, 0.1) is 12.7 Å². The van der Waals surface area contributed by atoms with Crippen LogP contribution in [-0.4, -0.2) is 22.0 Å². The van der Waals surface area contributed by atoms with Gasteiger partial charge in [0, 0.05) is 18.2 Å². The Kier molecular flexibility index (Phi) is 3.02. The van der Waals surface area contributed by atoms with E-state index in [2.05, 4.69) is 31.1 Å². The molecule has 5 nitrogen and oxygen atoms in total. The molecule has 0 saturated heterocycles. The van der Waals surface area contributed by atoms with Crippen molar-refractivity contribution in [3.63, 3.8) is 0 Å². The van der Waals surface area contributed by atoms with E-state index in [9.17, 15) is 4.79 Å². The SMILES string of the molecule is Cn1c(C(C)(C)C)cnc1NCC(N)=O. The number of amides is 1. The molecule has 0 fully saturated rings. The number of aromatic nitrogens is 2. The fourth-order valence-electron chi connectivity index (χ4n) is 1.44. The van der Waals surface area contributed by atoms with Crippen LogP contribution >= 0.6 is 0 Å². The zero-order chi connectivity index (χ0) is 11.6. The molecule has 0 aliphatic rings. The second-order valence-electron chi connectivity index (χ2n) is 4.60. The first kappa shape index (κ1) is 11.6. The summed E-state index contributed by atoms with van der Waals surface area (Å²) in [5.74, 6) is 0.272. The van der Waals surface area contributed by atoms with Crippen LogP contribution in [0.5, 0.6) is 0 Å². The van der Waals surface area contributed by atoms with Crippen LogP contribution in [0, 0.1) is 0 Å². The van der Waals surface area contributed by atoms with Crippen LogP contribution in [0.15, 0.2) is 6.20 Å². The number of rotatable bonds is 3. The van der Waals surface area contributed by atoms with E-state index in [1.807, 2.05) is 17.8 Å². The maximum atomic E-state index is 10.6. The first-order valence-corrected chi connectivity index (χ1v) is 4.86. The van der Waals surface area contributed by atoms with Crippen LogP contribution in [0.2, 0.25) is 0 Å². The molecule has 3 N–H and O–H groups in total. The molecule has 0 saturated carbocycles. The molecular weight excluding hydrogens is 192 g/mol. The maximum absolute atomic E-state index is 10.6. The number of nitrogens with one attached hydrogen (secondary N) is 1. The Labute approximate surface area is 89.7 Å². The molecule has 1 rings (SSSR count). The van der Waals surface area contributed by atoms with Crippen molar-refractivity contribution in [2.24, 2.45) is 12.8 Å². The third-order valence-corrected chi connectivity index (χ3v) is 2.18. The Morgan fingerprint density at radius 3 is 2.60 bits per heavy atom. The lowest BCUT2D eigenvalue weighted by atomic mass is 9.93. The van der Waals surface area contributed by atoms with Crippen LogP contribution in [-0.2, 0) is 17.3 Å². The predicted octanol–water partition coefficient (Wildman–Crippen LogP) is 0.615. The number of carbonyl (C=O) groups is 1. The summed E-state index contributed by atoms with van der Waals surface area (Å²) in [4.78, 5) is 14.8. The Hall–Kier alpha value is -1.52. The van der Waals surface area contributed by atoms with E-state index in [0.717, 1.165) is 5.69 Å². The van der Waals surface area contributed by atoms with Crippen molar-refractivity contribution in [2.75, 3.05) is 11.9 Å². The van der Waals surface area contributed by atoms with Crippen molar-refractivity contribution in [1.82, 2.24) is 9.55 Å². The topological polar surface area (TPSA) is 72.9 Å². The molecule has 15 heavy (non-hydrogen) atoms. The Morgan fingerprint density at radius 1 is 1.60 bits per heavy atom. The van der Waals surface area contributed by atoms with Gasteiger partial charge in [-0.25, -0.2) is 4.98 Å². The van der Waals surface area contributed by atoms with Gasteiger partial charge in [0.2, 0.25) is 11.9 Å². The maximum Gasteiger partial charge on any atom is 0.236 e. The van der Waals surface area contributed by atoms with Crippen molar-refractivity contribution >= 4 is 11.9 Å². The molecule has 0 atom stereocenters. The number of imidazole rings is 1. The van der Waals surface area contributed by atoms with Gasteiger partial charge in [-0.2, -0.15) is 0 Å². The van der Waals surface area contributed by atoms with Gasteiger partial charge in [-0.05, 0) is 0 Å². The average molecular weight is 210 g/mol. The van der Waals surface area contributed by atoms with Gasteiger partial charge in [0.15, 0.2) is 0 Å². The van der Waals surface area contributed by atoms with E-state index in [1.165, 1.54) is 0 Å². The molecule has 84 valence electrons. The van der Waals surface area contributed by atoms with E-state index in [-0.39, 0.29) is 12.0 Å². The van der Waals surface area contributed by atoms with E-state index >= 15 is 0 Å². The molecule has 1 aromatic heterocycles. The van der Waals surface area contributed by atoms with Crippen LogP contribution < -0.4 is 11.1 Å². The van der Waals surface area contributed by atoms with Crippen molar-refractivity contribution in [3.8, 4) is 0 Å². The van der Waals surface area contributed by atoms with Crippen molar-refractivity contribution in [2.45, 2.75) is 26.2 Å². The molecule has 0 aromatic carbocycles. The minimum Gasteiger partial charge on any atom is -0.368 e. The summed E-state index contributed by atoms with van der Waals surface area (Å²) in [5, 5.41) is 2.88. The predicted molar refractivity (Wildman–Crippen MR) is 59.6 cm³/mol. The van der Waals surface area contributed by atoms with Gasteiger partial charge in [-0.1, -0.05) is 20.8 Å². The highest BCUT2D eigenvalue weighted by molar-refractivity contribution is 5.78. The third-order valence-electron chi connectivity index (χ3n) is 2.18. The van der Waals surface area contributed by atoms with Gasteiger partial charge >= 0.3 is 0 Å². The number of nitrogens with two attached hydrogens (primary N) is 1. The number of hydrogen-bond donors (Lipinski definition) is 2. The molecular formula is C10H18N4O. The second-order valence-corrected chi connectivity index (χ2v) is 4.60. The standard InChI is InChI=1S/C10H18N4O/c1-10(2,3)7-5-12-9(14(7)4)13-6-8(11)15/h5H,6H2,1-4H3,(H2,11,15)(H,12,13). The summed E-state index contributed by atoms with van der Waals surface area (Å²) in [6.45, 7) is 6.44. The van der Waals surface area contributed by atoms with E-state index in [1.54, 1.807) is 0 Å². The van der Waals surface area contributed by atoms with E-state index in [0.29, 0.717) is 5.95 Å². The van der Waals surface area contributed by atoms with Crippen LogP contribution in [0.4, 0.5) is 5.95 Å². The summed E-state index contributed by atoms with van der Waals surface area (Å²) in [6.07, 6.45) is 1.81. The van der Waals surface area contributed by atoms with Crippen LogP contribution in [0.25, 0.3) is 0 Å². The fourth-order valence-corrected chi connectivity index (χ4v) is 1.44. The van der Waals surface area contributed by atoms with Crippen molar-refractivity contribution < 1.29 is 4.79 Å². The molecule has 1 aromatic rings. The third kappa shape index (κ3) is 2.71. The smallest absolute Gasteiger partial charge is 0.236 e. The molecule has 0 radical (unpaired) electrons. The van der Waals surface area contributed by atoms with E-state index in [4.69, 9.17) is 5.73 Å². The zero-order valence-electron chi connectivity index (χ0n) is 9.66. The minimum atomic E-state index is -0.393. The van der Waals surface area contributed by atoms with Crippen LogP contribution in [0.1, 0.15) is 26.5 Å². The number of nitrogens with zero attached hydrogens (tertiary/aromatic N) is 2. The Balaban J connectivity index is 2.85. The molecule has 1 amide bonds. The summed E-state index contributed by atoms with van der Waals surface area (Å²) < 4.78 is 1.93. The van der Waals surface area contributed by atoms with Gasteiger partial charge in [0.25, 0.3) is 0 Å². The zero-order valence-corrected chi connectivity index (χ0v) is 9.66. The number of hydrogen-bond acceptors (Lipinski definition) is 3. The molecule has 0 aliphatic carbocycles. The Morgan fingerprint density at radius 2 is 2.20 bits per heavy atom. The molecule has 0 spiro atoms. The number of primary amides is 1. The highest BCUT2D eigenvalue weighted by Crippen LogP contribution is 2.23. The van der Waals surface area contributed by atoms with Crippen molar-refractivity contribution in [3.05, 3.63) is 11.9 Å². The summed E-state index contributed by atoms with van der Waals surface area (Å²) in [7, 11) is 1.91.